The van der Waals surface area contributed by atoms with Gasteiger partial charge in [0.1, 0.15) is 5.82 Å². The second-order valence-electron chi connectivity index (χ2n) is 5.41. The first-order chi connectivity index (χ1) is 12.9. The van der Waals surface area contributed by atoms with Gasteiger partial charge in [-0.25, -0.2) is 22.6 Å². The van der Waals surface area contributed by atoms with E-state index in [1.807, 2.05) is 0 Å². The minimum Gasteiger partial charge on any atom is -0.357 e. The number of nitrogens with zero attached hydrogens (tertiary/aromatic N) is 1. The van der Waals surface area contributed by atoms with Gasteiger partial charge in [0.15, 0.2) is 23.4 Å². The van der Waals surface area contributed by atoms with Crippen molar-refractivity contribution >= 4 is 41.5 Å². The molecule has 2 aromatic carbocycles. The Labute approximate surface area is 176 Å². The fourth-order valence-electron chi connectivity index (χ4n) is 2.11. The Morgan fingerprint density at radius 1 is 0.964 bits per heavy atom. The minimum atomic E-state index is -1.67. The summed E-state index contributed by atoms with van der Waals surface area (Å²) in [6.07, 6.45) is 0. The van der Waals surface area contributed by atoms with Crippen LogP contribution in [0.1, 0.15) is 12.5 Å². The predicted molar refractivity (Wildman–Crippen MR) is 110 cm³/mol. The van der Waals surface area contributed by atoms with Gasteiger partial charge in [-0.1, -0.05) is 18.2 Å². The van der Waals surface area contributed by atoms with Crippen molar-refractivity contribution in [2.45, 2.75) is 13.5 Å². The number of rotatable bonds is 6. The van der Waals surface area contributed by atoms with Gasteiger partial charge in [-0.2, -0.15) is 0 Å². The maximum absolute atomic E-state index is 13.6. The van der Waals surface area contributed by atoms with E-state index in [0.29, 0.717) is 18.2 Å². The number of halogens is 5. The summed E-state index contributed by atoms with van der Waals surface area (Å²) in [6.45, 7) is 2.02. The molecule has 0 spiro atoms. The molecule has 0 bridgehead atoms. The third-order valence-electron chi connectivity index (χ3n) is 3.44. The maximum Gasteiger partial charge on any atom is 0.243 e. The fraction of sp³-hybridized carbons (Fsp3) is 0.222. The molecule has 0 aromatic heterocycles. The van der Waals surface area contributed by atoms with Gasteiger partial charge in [0.05, 0.1) is 18.8 Å². The normalized spacial score (nSPS) is 10.8. The third-order valence-corrected chi connectivity index (χ3v) is 3.44. The molecule has 0 atom stereocenters. The number of hydrogen-bond donors (Lipinski definition) is 3. The molecule has 1 amide bonds. The van der Waals surface area contributed by atoms with E-state index >= 15 is 0 Å². The molecule has 3 N–H and O–H groups in total. The van der Waals surface area contributed by atoms with Crippen LogP contribution in [0.2, 0.25) is 0 Å². The molecule has 2 aromatic rings. The lowest BCUT2D eigenvalue weighted by Crippen LogP contribution is -2.41. The van der Waals surface area contributed by atoms with Crippen LogP contribution in [0.5, 0.6) is 0 Å². The Hall–Kier alpha value is -2.37. The van der Waals surface area contributed by atoms with Gasteiger partial charge in [0.2, 0.25) is 5.91 Å². The van der Waals surface area contributed by atoms with Crippen molar-refractivity contribution in [1.29, 1.82) is 0 Å². The molecule has 0 fully saturated rings. The predicted octanol–water partition coefficient (Wildman–Crippen LogP) is 3.55. The fourth-order valence-corrected chi connectivity index (χ4v) is 2.11. The highest BCUT2D eigenvalue weighted by molar-refractivity contribution is 14.0. The number of anilines is 1. The van der Waals surface area contributed by atoms with Crippen molar-refractivity contribution in [2.75, 3.05) is 18.4 Å². The zero-order valence-corrected chi connectivity index (χ0v) is 17.2. The maximum atomic E-state index is 13.6. The van der Waals surface area contributed by atoms with Gasteiger partial charge >= 0.3 is 0 Å². The second-order valence-corrected chi connectivity index (χ2v) is 5.41. The van der Waals surface area contributed by atoms with Crippen LogP contribution < -0.4 is 16.0 Å². The number of carbonyl (C=O) groups is 1. The number of carbonyl (C=O) groups excluding carboxylic acids is 1. The zero-order chi connectivity index (χ0) is 19.8. The summed E-state index contributed by atoms with van der Waals surface area (Å²) in [5, 5.41) is 7.70. The lowest BCUT2D eigenvalue weighted by atomic mass is 10.2. The topological polar surface area (TPSA) is 65.5 Å². The summed E-state index contributed by atoms with van der Waals surface area (Å²) < 4.78 is 53.3. The van der Waals surface area contributed by atoms with Crippen LogP contribution in [-0.2, 0) is 11.3 Å². The van der Waals surface area contributed by atoms with Crippen LogP contribution >= 0.6 is 24.0 Å². The smallest absolute Gasteiger partial charge is 0.243 e. The van der Waals surface area contributed by atoms with Gasteiger partial charge in [-0.3, -0.25) is 4.79 Å². The first-order valence-electron chi connectivity index (χ1n) is 8.11. The van der Waals surface area contributed by atoms with Gasteiger partial charge in [0.25, 0.3) is 0 Å². The Morgan fingerprint density at radius 3 is 2.36 bits per heavy atom. The molecule has 5 nitrogen and oxygen atoms in total. The molecule has 0 unspecified atom stereocenters. The lowest BCUT2D eigenvalue weighted by molar-refractivity contribution is -0.115. The van der Waals surface area contributed by atoms with E-state index in [1.165, 1.54) is 6.07 Å². The highest BCUT2D eigenvalue weighted by Gasteiger charge is 2.15. The SMILES string of the molecule is CCNC(=NCc1ccccc1F)NCC(=O)Nc1ccc(F)c(F)c1F.I. The summed E-state index contributed by atoms with van der Waals surface area (Å²) >= 11 is 0. The van der Waals surface area contributed by atoms with E-state index in [0.717, 1.165) is 6.07 Å². The molecule has 10 heteroatoms. The van der Waals surface area contributed by atoms with E-state index in [1.54, 1.807) is 25.1 Å². The lowest BCUT2D eigenvalue weighted by Gasteiger charge is -2.12. The van der Waals surface area contributed by atoms with Gasteiger partial charge in [-0.05, 0) is 25.1 Å². The second kappa shape index (κ2) is 11.5. The van der Waals surface area contributed by atoms with E-state index in [4.69, 9.17) is 0 Å². The van der Waals surface area contributed by atoms with Crippen LogP contribution in [0.15, 0.2) is 41.4 Å². The number of amides is 1. The minimum absolute atomic E-state index is 0. The molecule has 2 rings (SSSR count). The molecule has 28 heavy (non-hydrogen) atoms. The monoisotopic (exact) mass is 510 g/mol. The first-order valence-corrected chi connectivity index (χ1v) is 8.11. The van der Waals surface area contributed by atoms with Crippen LogP contribution in [0, 0.1) is 23.3 Å². The van der Waals surface area contributed by atoms with Crippen molar-refractivity contribution in [2.24, 2.45) is 4.99 Å². The quantitative estimate of drug-likeness (QED) is 0.183. The third kappa shape index (κ3) is 6.66. The number of benzene rings is 2. The van der Waals surface area contributed by atoms with Crippen LogP contribution in [0.25, 0.3) is 0 Å². The Bertz CT molecular complexity index is 848. The number of aliphatic imine (C=N–C) groups is 1. The Kier molecular flexibility index (Phi) is 9.69. The summed E-state index contributed by atoms with van der Waals surface area (Å²) in [5.41, 5.74) is -0.1000. The molecule has 0 aliphatic carbocycles. The molecule has 0 saturated carbocycles. The largest absolute Gasteiger partial charge is 0.357 e. The van der Waals surface area contributed by atoms with Gasteiger partial charge < -0.3 is 16.0 Å². The van der Waals surface area contributed by atoms with E-state index in [2.05, 4.69) is 20.9 Å². The van der Waals surface area contributed by atoms with Crippen molar-refractivity contribution in [3.63, 3.8) is 0 Å². The summed E-state index contributed by atoms with van der Waals surface area (Å²) in [6, 6.07) is 7.77. The highest BCUT2D eigenvalue weighted by atomic mass is 127. The van der Waals surface area contributed by atoms with Crippen molar-refractivity contribution < 1.29 is 22.4 Å². The molecule has 0 heterocycles. The molecule has 0 saturated heterocycles. The molecule has 0 aliphatic heterocycles. The molecular weight excluding hydrogens is 491 g/mol. The summed E-state index contributed by atoms with van der Waals surface area (Å²) in [4.78, 5) is 16.1. The highest BCUT2D eigenvalue weighted by Crippen LogP contribution is 2.19. The van der Waals surface area contributed by atoms with Crippen LogP contribution in [0.4, 0.5) is 23.2 Å². The first kappa shape index (κ1) is 23.7. The van der Waals surface area contributed by atoms with Crippen LogP contribution in [0.3, 0.4) is 0 Å². The standard InChI is InChI=1S/C18H18F4N4O.HI/c1-2-23-18(24-9-11-5-3-4-6-12(11)19)25-10-15(27)26-14-8-7-13(20)16(21)17(14)22;/h3-8H,2,9-10H2,1H3,(H,26,27)(H2,23,24,25);1H. The Morgan fingerprint density at radius 2 is 1.68 bits per heavy atom. The average Bonchev–Trinajstić information content (AvgIpc) is 2.65. The zero-order valence-electron chi connectivity index (χ0n) is 14.9. The van der Waals surface area contributed by atoms with E-state index in [-0.39, 0.29) is 43.0 Å². The molecule has 152 valence electrons. The number of hydrogen-bond acceptors (Lipinski definition) is 2. The van der Waals surface area contributed by atoms with Crippen molar-refractivity contribution in [1.82, 2.24) is 10.6 Å². The molecule has 0 aliphatic rings. The van der Waals surface area contributed by atoms with Gasteiger partial charge in [-0.15, -0.1) is 24.0 Å². The van der Waals surface area contributed by atoms with Crippen LogP contribution in [-0.4, -0.2) is 25.0 Å². The van der Waals surface area contributed by atoms with Gasteiger partial charge in [0, 0.05) is 12.1 Å². The summed E-state index contributed by atoms with van der Waals surface area (Å²) in [7, 11) is 0. The van der Waals surface area contributed by atoms with E-state index in [9.17, 15) is 22.4 Å². The van der Waals surface area contributed by atoms with Crippen molar-refractivity contribution in [3.8, 4) is 0 Å². The summed E-state index contributed by atoms with van der Waals surface area (Å²) in [5.74, 6) is -5.36. The molecule has 0 radical (unpaired) electrons. The van der Waals surface area contributed by atoms with Crippen molar-refractivity contribution in [3.05, 3.63) is 65.2 Å². The number of guanidine groups is 1. The van der Waals surface area contributed by atoms with E-state index < -0.39 is 34.9 Å². The Balaban J connectivity index is 0.00000392. The average molecular weight is 510 g/mol. The number of nitrogens with one attached hydrogen (secondary N) is 3. The molecular formula is C18H19F4IN4O.